The number of nitrogen functional groups attached to an aromatic ring is 1. The predicted octanol–water partition coefficient (Wildman–Crippen LogP) is 3.32. The normalized spacial score (nSPS) is 15.1. The molecule has 3 N–H and O–H groups in total. The second-order valence-electron chi connectivity index (χ2n) is 7.28. The summed E-state index contributed by atoms with van der Waals surface area (Å²) < 4.78 is 0. The Morgan fingerprint density at radius 3 is 2.82 bits per heavy atom. The van der Waals surface area contributed by atoms with E-state index in [2.05, 4.69) is 11.9 Å². The first-order valence-electron chi connectivity index (χ1n) is 9.17. The van der Waals surface area contributed by atoms with Crippen molar-refractivity contribution in [1.82, 2.24) is 4.90 Å². The van der Waals surface area contributed by atoms with Crippen LogP contribution in [0.5, 0.6) is 0 Å². The number of amides is 2. The van der Waals surface area contributed by atoms with Gasteiger partial charge < -0.3 is 16.0 Å². The van der Waals surface area contributed by atoms with Crippen LogP contribution in [0.15, 0.2) is 48.6 Å². The van der Waals surface area contributed by atoms with Gasteiger partial charge in [-0.2, -0.15) is 5.26 Å². The maximum atomic E-state index is 12.8. The third-order valence-electron chi connectivity index (χ3n) is 5.12. The highest BCUT2D eigenvalue weighted by molar-refractivity contribution is 6.05. The maximum absolute atomic E-state index is 12.8. The number of carbonyl (C=O) groups is 2. The van der Waals surface area contributed by atoms with Crippen LogP contribution in [0.3, 0.4) is 0 Å². The second-order valence-corrected chi connectivity index (χ2v) is 7.28. The lowest BCUT2D eigenvalue weighted by molar-refractivity contribution is -0.117. The van der Waals surface area contributed by atoms with E-state index in [-0.39, 0.29) is 24.3 Å². The van der Waals surface area contributed by atoms with Crippen molar-refractivity contribution in [1.29, 1.82) is 5.26 Å². The predicted molar refractivity (Wildman–Crippen MR) is 107 cm³/mol. The third-order valence-corrected chi connectivity index (χ3v) is 5.12. The molecule has 2 aliphatic rings. The quantitative estimate of drug-likeness (QED) is 0.621. The SMILES string of the molecule is C=C(C#N)CN1Cc2c(-c3cccc(NC(=O)C4CC4)c3)ccc(N)c2C1=O. The van der Waals surface area contributed by atoms with Crippen LogP contribution in [-0.2, 0) is 11.3 Å². The van der Waals surface area contributed by atoms with Gasteiger partial charge in [-0.3, -0.25) is 9.59 Å². The van der Waals surface area contributed by atoms with Crippen molar-refractivity contribution < 1.29 is 9.59 Å². The monoisotopic (exact) mass is 372 g/mol. The van der Waals surface area contributed by atoms with E-state index in [1.807, 2.05) is 36.4 Å². The number of hydrogen-bond donors (Lipinski definition) is 2. The standard InChI is InChI=1S/C22H20N4O2/c1-13(10-23)11-26-12-18-17(7-8-19(24)20(18)22(26)28)15-3-2-4-16(9-15)25-21(27)14-5-6-14/h2-4,7-9,14H,1,5-6,11-12,24H2,(H,25,27). The molecule has 0 aromatic heterocycles. The fourth-order valence-corrected chi connectivity index (χ4v) is 3.52. The number of nitriles is 1. The van der Waals surface area contributed by atoms with Gasteiger partial charge in [0.1, 0.15) is 0 Å². The van der Waals surface area contributed by atoms with Gasteiger partial charge in [-0.25, -0.2) is 0 Å². The van der Waals surface area contributed by atoms with Crippen molar-refractivity contribution >= 4 is 23.2 Å². The van der Waals surface area contributed by atoms with E-state index in [0.29, 0.717) is 23.4 Å². The van der Waals surface area contributed by atoms with Gasteiger partial charge in [-0.1, -0.05) is 24.8 Å². The molecule has 2 aromatic carbocycles. The van der Waals surface area contributed by atoms with E-state index in [4.69, 9.17) is 11.0 Å². The number of nitrogens with two attached hydrogens (primary N) is 1. The van der Waals surface area contributed by atoms with Crippen molar-refractivity contribution in [2.24, 2.45) is 5.92 Å². The number of hydrogen-bond acceptors (Lipinski definition) is 4. The van der Waals surface area contributed by atoms with E-state index in [0.717, 1.165) is 35.2 Å². The van der Waals surface area contributed by atoms with E-state index < -0.39 is 0 Å². The van der Waals surface area contributed by atoms with Crippen LogP contribution < -0.4 is 11.1 Å². The average Bonchev–Trinajstić information content (AvgIpc) is 3.48. The van der Waals surface area contributed by atoms with Crippen LogP contribution in [-0.4, -0.2) is 23.3 Å². The summed E-state index contributed by atoms with van der Waals surface area (Å²) in [4.78, 5) is 26.4. The van der Waals surface area contributed by atoms with Crippen LogP contribution in [0.1, 0.15) is 28.8 Å². The number of rotatable bonds is 5. The fourth-order valence-electron chi connectivity index (χ4n) is 3.52. The molecule has 0 atom stereocenters. The van der Waals surface area contributed by atoms with Gasteiger partial charge in [0.05, 0.1) is 18.2 Å². The second kappa shape index (κ2) is 6.86. The zero-order chi connectivity index (χ0) is 19.8. The van der Waals surface area contributed by atoms with Gasteiger partial charge in [0.25, 0.3) is 5.91 Å². The highest BCUT2D eigenvalue weighted by atomic mass is 16.2. The van der Waals surface area contributed by atoms with Crippen molar-refractivity contribution in [3.05, 3.63) is 59.7 Å². The lowest BCUT2D eigenvalue weighted by Gasteiger charge is -2.14. The zero-order valence-electron chi connectivity index (χ0n) is 15.4. The summed E-state index contributed by atoms with van der Waals surface area (Å²) in [7, 11) is 0. The first kappa shape index (κ1) is 17.8. The van der Waals surface area contributed by atoms with E-state index in [1.165, 1.54) is 0 Å². The summed E-state index contributed by atoms with van der Waals surface area (Å²) in [5, 5.41) is 11.9. The van der Waals surface area contributed by atoms with E-state index in [1.54, 1.807) is 11.0 Å². The Kier molecular flexibility index (Phi) is 4.36. The van der Waals surface area contributed by atoms with Gasteiger partial charge in [0.2, 0.25) is 5.91 Å². The molecule has 1 saturated carbocycles. The lowest BCUT2D eigenvalue weighted by atomic mass is 9.95. The Morgan fingerprint density at radius 1 is 1.32 bits per heavy atom. The molecule has 28 heavy (non-hydrogen) atoms. The highest BCUT2D eigenvalue weighted by Crippen LogP contribution is 2.37. The van der Waals surface area contributed by atoms with E-state index >= 15 is 0 Å². The first-order chi connectivity index (χ1) is 13.5. The summed E-state index contributed by atoms with van der Waals surface area (Å²) >= 11 is 0. The minimum Gasteiger partial charge on any atom is -0.398 e. The summed E-state index contributed by atoms with van der Waals surface area (Å²) in [5.74, 6) is -0.0103. The number of nitrogens with zero attached hydrogens (tertiary/aromatic N) is 2. The molecule has 6 nitrogen and oxygen atoms in total. The Labute approximate surface area is 163 Å². The van der Waals surface area contributed by atoms with Crippen LogP contribution in [0.25, 0.3) is 11.1 Å². The zero-order valence-corrected chi connectivity index (χ0v) is 15.4. The molecule has 0 bridgehead atoms. The number of anilines is 2. The van der Waals surface area contributed by atoms with E-state index in [9.17, 15) is 9.59 Å². The smallest absolute Gasteiger partial charge is 0.256 e. The molecule has 2 aromatic rings. The molecule has 0 saturated heterocycles. The average molecular weight is 372 g/mol. The fraction of sp³-hybridized carbons (Fsp3) is 0.227. The summed E-state index contributed by atoms with van der Waals surface area (Å²) in [6.07, 6.45) is 1.89. The van der Waals surface area contributed by atoms with Crippen LogP contribution in [0.4, 0.5) is 11.4 Å². The summed E-state index contributed by atoms with van der Waals surface area (Å²) in [6, 6.07) is 13.2. The van der Waals surface area contributed by atoms with Gasteiger partial charge in [0.15, 0.2) is 0 Å². The largest absolute Gasteiger partial charge is 0.398 e. The Balaban J connectivity index is 1.68. The molecule has 2 amide bonds. The van der Waals surface area contributed by atoms with Crippen LogP contribution in [0.2, 0.25) is 0 Å². The molecule has 1 fully saturated rings. The minimum absolute atomic E-state index is 0.0519. The molecule has 140 valence electrons. The topological polar surface area (TPSA) is 99.2 Å². The van der Waals surface area contributed by atoms with Crippen molar-refractivity contribution in [2.75, 3.05) is 17.6 Å². The molecule has 1 heterocycles. The molecule has 1 aliphatic heterocycles. The van der Waals surface area contributed by atoms with Gasteiger partial charge in [-0.15, -0.1) is 0 Å². The van der Waals surface area contributed by atoms with Crippen molar-refractivity contribution in [2.45, 2.75) is 19.4 Å². The van der Waals surface area contributed by atoms with Gasteiger partial charge >= 0.3 is 0 Å². The maximum Gasteiger partial charge on any atom is 0.256 e. The molecule has 0 unspecified atom stereocenters. The molecular weight excluding hydrogens is 352 g/mol. The molecular formula is C22H20N4O2. The third kappa shape index (κ3) is 3.23. The van der Waals surface area contributed by atoms with Crippen molar-refractivity contribution in [3.8, 4) is 17.2 Å². The highest BCUT2D eigenvalue weighted by Gasteiger charge is 2.32. The van der Waals surface area contributed by atoms with Crippen LogP contribution in [0, 0.1) is 17.2 Å². The van der Waals surface area contributed by atoms with Gasteiger partial charge in [-0.05, 0) is 47.7 Å². The number of nitrogens with one attached hydrogen (secondary N) is 1. The molecule has 0 radical (unpaired) electrons. The number of fused-ring (bicyclic) bond motifs is 1. The Bertz CT molecular complexity index is 1050. The summed E-state index contributed by atoms with van der Waals surface area (Å²) in [6.45, 7) is 4.22. The molecule has 6 heteroatoms. The Hall–Kier alpha value is -3.59. The van der Waals surface area contributed by atoms with Gasteiger partial charge in [0, 0.05) is 29.4 Å². The first-order valence-corrected chi connectivity index (χ1v) is 9.17. The van der Waals surface area contributed by atoms with Crippen LogP contribution >= 0.6 is 0 Å². The lowest BCUT2D eigenvalue weighted by Crippen LogP contribution is -2.26. The van der Waals surface area contributed by atoms with Crippen molar-refractivity contribution in [3.63, 3.8) is 0 Å². The molecule has 0 spiro atoms. The number of benzene rings is 2. The summed E-state index contributed by atoms with van der Waals surface area (Å²) in [5.41, 5.74) is 10.7. The molecule has 4 rings (SSSR count). The minimum atomic E-state index is -0.191. The Morgan fingerprint density at radius 2 is 2.11 bits per heavy atom. The number of carbonyl (C=O) groups excluding carboxylic acids is 2. The molecule has 1 aliphatic carbocycles.